The number of esters is 1. The fraction of sp³-hybridized carbons (Fsp3) is 0.214. The molecule has 6 heteroatoms. The molecule has 0 aromatic heterocycles. The molecule has 2 aliphatic rings. The normalized spacial score (nSPS) is 19.2. The number of rotatable bonds is 4. The average Bonchev–Trinajstić information content (AvgIpc) is 3.01. The minimum absolute atomic E-state index is 0.107. The number of nitrogens with one attached hydrogen (secondary N) is 2. The van der Waals surface area contributed by atoms with E-state index in [9.17, 15) is 9.59 Å². The van der Waals surface area contributed by atoms with Gasteiger partial charge in [-0.3, -0.25) is 9.59 Å². The lowest BCUT2D eigenvalue weighted by molar-refractivity contribution is -0.132. The standard InChI is InChI=1S/C28H26N2O4/c1-17(31)34-25-13-12-19(16-26(25)33-2)28-27-23(29-21-10-6-7-11-22(21)30-28)14-20(15-24(27)32)18-8-4-3-5-9-18/h3-13,16,20,28-30H,14-15H2,1-2H3. The summed E-state index contributed by atoms with van der Waals surface area (Å²) in [6.45, 7) is 1.35. The van der Waals surface area contributed by atoms with Crippen molar-refractivity contribution in [2.24, 2.45) is 0 Å². The smallest absolute Gasteiger partial charge is 0.308 e. The Morgan fingerprint density at radius 2 is 1.62 bits per heavy atom. The minimum atomic E-state index is -0.420. The molecule has 34 heavy (non-hydrogen) atoms. The number of Topliss-reactive ketones (excluding diaryl/α,β-unsaturated/α-hetero) is 1. The number of hydrogen-bond donors (Lipinski definition) is 2. The van der Waals surface area contributed by atoms with Crippen LogP contribution in [-0.2, 0) is 9.59 Å². The molecule has 1 aliphatic heterocycles. The van der Waals surface area contributed by atoms with Crippen LogP contribution in [-0.4, -0.2) is 18.9 Å². The Bertz CT molecular complexity index is 1280. The van der Waals surface area contributed by atoms with Crippen LogP contribution in [0.1, 0.15) is 42.9 Å². The van der Waals surface area contributed by atoms with E-state index in [0.29, 0.717) is 17.9 Å². The third kappa shape index (κ3) is 4.15. The van der Waals surface area contributed by atoms with E-state index in [1.165, 1.54) is 19.6 Å². The quantitative estimate of drug-likeness (QED) is 0.395. The molecule has 1 heterocycles. The van der Waals surface area contributed by atoms with Gasteiger partial charge in [0.15, 0.2) is 17.3 Å². The summed E-state index contributed by atoms with van der Waals surface area (Å²) in [7, 11) is 1.53. The third-order valence-electron chi connectivity index (χ3n) is 6.35. The summed E-state index contributed by atoms with van der Waals surface area (Å²) in [6, 6.07) is 23.2. The van der Waals surface area contributed by atoms with Gasteiger partial charge in [-0.1, -0.05) is 48.5 Å². The molecule has 6 nitrogen and oxygen atoms in total. The van der Waals surface area contributed by atoms with Crippen LogP contribution < -0.4 is 20.1 Å². The first-order valence-corrected chi connectivity index (χ1v) is 11.3. The van der Waals surface area contributed by atoms with Gasteiger partial charge in [-0.05, 0) is 47.7 Å². The molecule has 2 unspecified atom stereocenters. The van der Waals surface area contributed by atoms with Gasteiger partial charge in [0.2, 0.25) is 0 Å². The molecule has 3 aromatic rings. The number of methoxy groups -OCH3 is 1. The van der Waals surface area contributed by atoms with Crippen molar-refractivity contribution in [1.82, 2.24) is 0 Å². The van der Waals surface area contributed by atoms with Gasteiger partial charge < -0.3 is 20.1 Å². The van der Waals surface area contributed by atoms with E-state index in [1.807, 2.05) is 54.6 Å². The van der Waals surface area contributed by atoms with Crippen molar-refractivity contribution in [3.63, 3.8) is 0 Å². The zero-order chi connectivity index (χ0) is 23.7. The van der Waals surface area contributed by atoms with Gasteiger partial charge in [-0.2, -0.15) is 0 Å². The Kier molecular flexibility index (Phi) is 5.80. The summed E-state index contributed by atoms with van der Waals surface area (Å²) in [5, 5.41) is 7.12. The highest BCUT2D eigenvalue weighted by atomic mass is 16.6. The molecule has 1 aliphatic carbocycles. The topological polar surface area (TPSA) is 76.7 Å². The highest BCUT2D eigenvalue weighted by molar-refractivity contribution is 6.01. The van der Waals surface area contributed by atoms with Gasteiger partial charge in [0.05, 0.1) is 24.5 Å². The lowest BCUT2D eigenvalue weighted by Crippen LogP contribution is -2.26. The molecule has 5 rings (SSSR count). The molecule has 0 saturated heterocycles. The third-order valence-corrected chi connectivity index (χ3v) is 6.35. The van der Waals surface area contributed by atoms with Crippen molar-refractivity contribution in [1.29, 1.82) is 0 Å². The fourth-order valence-electron chi connectivity index (χ4n) is 4.81. The lowest BCUT2D eigenvalue weighted by Gasteiger charge is -2.30. The second-order valence-corrected chi connectivity index (χ2v) is 8.58. The molecular formula is C28H26N2O4. The largest absolute Gasteiger partial charge is 0.493 e. The molecule has 0 amide bonds. The molecule has 0 radical (unpaired) electrons. The van der Waals surface area contributed by atoms with Crippen molar-refractivity contribution < 1.29 is 19.1 Å². The van der Waals surface area contributed by atoms with Gasteiger partial charge in [0, 0.05) is 24.6 Å². The molecule has 2 atom stereocenters. The second-order valence-electron chi connectivity index (χ2n) is 8.58. The van der Waals surface area contributed by atoms with Crippen LogP contribution in [0, 0.1) is 0 Å². The van der Waals surface area contributed by atoms with Gasteiger partial charge in [-0.25, -0.2) is 0 Å². The van der Waals surface area contributed by atoms with Crippen LogP contribution in [0.25, 0.3) is 0 Å². The number of benzene rings is 3. The SMILES string of the molecule is COc1cc(C2Nc3ccccc3NC3=C2C(=O)CC(c2ccccc2)C3)ccc1OC(C)=O. The lowest BCUT2D eigenvalue weighted by atomic mass is 9.78. The minimum Gasteiger partial charge on any atom is -0.493 e. The average molecular weight is 455 g/mol. The molecule has 172 valence electrons. The Labute approximate surface area is 198 Å². The van der Waals surface area contributed by atoms with Crippen LogP contribution in [0.5, 0.6) is 11.5 Å². The monoisotopic (exact) mass is 454 g/mol. The first kappa shape index (κ1) is 21.8. The van der Waals surface area contributed by atoms with Gasteiger partial charge >= 0.3 is 5.97 Å². The number of ether oxygens (including phenoxy) is 2. The Morgan fingerprint density at radius 1 is 0.882 bits per heavy atom. The second kappa shape index (κ2) is 9.06. The number of allylic oxidation sites excluding steroid dienone is 1. The van der Waals surface area contributed by atoms with E-state index < -0.39 is 5.97 Å². The number of hydrogen-bond acceptors (Lipinski definition) is 6. The number of carbonyl (C=O) groups is 2. The van der Waals surface area contributed by atoms with Crippen LogP contribution in [0.15, 0.2) is 84.1 Å². The van der Waals surface area contributed by atoms with Crippen molar-refractivity contribution in [2.45, 2.75) is 31.7 Å². The van der Waals surface area contributed by atoms with Crippen LogP contribution in [0.2, 0.25) is 0 Å². The summed E-state index contributed by atoms with van der Waals surface area (Å²) in [4.78, 5) is 25.1. The summed E-state index contributed by atoms with van der Waals surface area (Å²) < 4.78 is 10.8. The molecule has 3 aromatic carbocycles. The molecular weight excluding hydrogens is 428 g/mol. The van der Waals surface area contributed by atoms with Gasteiger partial charge in [-0.15, -0.1) is 0 Å². The van der Waals surface area contributed by atoms with Crippen molar-refractivity contribution in [3.8, 4) is 11.5 Å². The number of anilines is 2. The maximum atomic E-state index is 13.6. The van der Waals surface area contributed by atoms with E-state index in [1.54, 1.807) is 6.07 Å². The van der Waals surface area contributed by atoms with Crippen molar-refractivity contribution in [2.75, 3.05) is 17.7 Å². The molecule has 2 N–H and O–H groups in total. The zero-order valence-corrected chi connectivity index (χ0v) is 19.1. The summed E-state index contributed by atoms with van der Waals surface area (Å²) in [6.07, 6.45) is 1.18. The van der Waals surface area contributed by atoms with Crippen LogP contribution in [0.4, 0.5) is 11.4 Å². The first-order valence-electron chi connectivity index (χ1n) is 11.3. The molecule has 0 bridgehead atoms. The molecule has 0 spiro atoms. The summed E-state index contributed by atoms with van der Waals surface area (Å²) in [5.74, 6) is 0.589. The highest BCUT2D eigenvalue weighted by Crippen LogP contribution is 2.45. The zero-order valence-electron chi connectivity index (χ0n) is 19.1. The van der Waals surface area contributed by atoms with E-state index in [-0.39, 0.29) is 17.7 Å². The Morgan fingerprint density at radius 3 is 2.35 bits per heavy atom. The van der Waals surface area contributed by atoms with Gasteiger partial charge in [0.25, 0.3) is 0 Å². The fourth-order valence-corrected chi connectivity index (χ4v) is 4.81. The number of carbonyl (C=O) groups excluding carboxylic acids is 2. The number of ketones is 1. The van der Waals surface area contributed by atoms with Crippen molar-refractivity contribution >= 4 is 23.1 Å². The molecule has 0 saturated carbocycles. The maximum Gasteiger partial charge on any atom is 0.308 e. The van der Waals surface area contributed by atoms with E-state index in [0.717, 1.165) is 34.6 Å². The predicted molar refractivity (Wildman–Crippen MR) is 131 cm³/mol. The number of fused-ring (bicyclic) bond motifs is 1. The first-order chi connectivity index (χ1) is 16.5. The maximum absolute atomic E-state index is 13.6. The van der Waals surface area contributed by atoms with Gasteiger partial charge in [0.1, 0.15) is 0 Å². The Balaban J connectivity index is 1.60. The summed E-state index contributed by atoms with van der Waals surface area (Å²) >= 11 is 0. The predicted octanol–water partition coefficient (Wildman–Crippen LogP) is 5.60. The van der Waals surface area contributed by atoms with Crippen molar-refractivity contribution in [3.05, 3.63) is 95.2 Å². The highest BCUT2D eigenvalue weighted by Gasteiger charge is 2.36. The number of para-hydroxylation sites is 2. The van der Waals surface area contributed by atoms with E-state index >= 15 is 0 Å². The Hall–Kier alpha value is -4.06. The van der Waals surface area contributed by atoms with Crippen LogP contribution >= 0.6 is 0 Å². The summed E-state index contributed by atoms with van der Waals surface area (Å²) in [5.41, 5.74) is 5.52. The van der Waals surface area contributed by atoms with Crippen LogP contribution in [0.3, 0.4) is 0 Å². The van der Waals surface area contributed by atoms with E-state index in [4.69, 9.17) is 9.47 Å². The molecule has 0 fully saturated rings. The van der Waals surface area contributed by atoms with E-state index in [2.05, 4.69) is 22.8 Å².